The van der Waals surface area contributed by atoms with Gasteiger partial charge in [0.05, 0.1) is 12.1 Å². The number of rotatable bonds is 4. The van der Waals surface area contributed by atoms with Gasteiger partial charge in [-0.25, -0.2) is 4.98 Å². The molecule has 1 spiro atoms. The van der Waals surface area contributed by atoms with Gasteiger partial charge in [-0.05, 0) is 38.8 Å². The van der Waals surface area contributed by atoms with Crippen LogP contribution in [0.15, 0.2) is 23.1 Å². The number of likely N-dealkylation sites (tertiary alicyclic amines) is 2. The summed E-state index contributed by atoms with van der Waals surface area (Å²) in [6.07, 6.45) is 11.5. The maximum absolute atomic E-state index is 13.1. The second-order valence-corrected chi connectivity index (χ2v) is 9.08. The molecule has 4 heterocycles. The van der Waals surface area contributed by atoms with Crippen LogP contribution in [0.25, 0.3) is 11.5 Å². The first-order valence-corrected chi connectivity index (χ1v) is 10.7. The van der Waals surface area contributed by atoms with E-state index >= 15 is 0 Å². The average molecular weight is 396 g/mol. The van der Waals surface area contributed by atoms with E-state index in [-0.39, 0.29) is 11.3 Å². The highest BCUT2D eigenvalue weighted by atomic mass is 16.5. The Morgan fingerprint density at radius 1 is 1.28 bits per heavy atom. The summed E-state index contributed by atoms with van der Waals surface area (Å²) in [7, 11) is 2.15. The Morgan fingerprint density at radius 3 is 2.86 bits per heavy atom. The molecule has 0 aromatic carbocycles. The molecule has 1 aliphatic carbocycles. The van der Waals surface area contributed by atoms with Gasteiger partial charge in [0.1, 0.15) is 5.69 Å². The van der Waals surface area contributed by atoms with Crippen molar-refractivity contribution >= 4 is 5.91 Å². The van der Waals surface area contributed by atoms with E-state index < -0.39 is 0 Å². The number of amides is 1. The van der Waals surface area contributed by atoms with Crippen LogP contribution in [0.1, 0.15) is 50.3 Å². The van der Waals surface area contributed by atoms with E-state index in [0.717, 1.165) is 26.1 Å². The third kappa shape index (κ3) is 3.54. The smallest absolute Gasteiger partial charge is 0.232 e. The second-order valence-electron chi connectivity index (χ2n) is 9.08. The van der Waals surface area contributed by atoms with Crippen molar-refractivity contribution in [3.05, 3.63) is 24.5 Å². The zero-order chi connectivity index (χ0) is 19.8. The third-order valence-corrected chi connectivity index (χ3v) is 7.05. The molecule has 0 N–H and O–H groups in total. The lowest BCUT2D eigenvalue weighted by molar-refractivity contribution is -0.131. The van der Waals surface area contributed by atoms with Gasteiger partial charge in [-0.3, -0.25) is 9.78 Å². The molecule has 8 nitrogen and oxygen atoms in total. The molecule has 2 atom stereocenters. The number of hydrogen-bond donors (Lipinski definition) is 0. The minimum atomic E-state index is -0.00768. The lowest BCUT2D eigenvalue weighted by Gasteiger charge is -2.27. The van der Waals surface area contributed by atoms with Gasteiger partial charge >= 0.3 is 0 Å². The van der Waals surface area contributed by atoms with Crippen molar-refractivity contribution in [2.24, 2.45) is 11.3 Å². The van der Waals surface area contributed by atoms with Gasteiger partial charge in [0.2, 0.25) is 17.6 Å². The average Bonchev–Trinajstić information content (AvgIpc) is 3.51. The maximum atomic E-state index is 13.1. The molecule has 0 bridgehead atoms. The molecule has 2 aromatic rings. The van der Waals surface area contributed by atoms with Crippen molar-refractivity contribution < 1.29 is 9.32 Å². The molecule has 2 aromatic heterocycles. The lowest BCUT2D eigenvalue weighted by atomic mass is 9.77. The fourth-order valence-corrected chi connectivity index (χ4v) is 5.51. The van der Waals surface area contributed by atoms with Crippen LogP contribution in [0.3, 0.4) is 0 Å². The fourth-order valence-electron chi connectivity index (χ4n) is 5.51. The molecule has 154 valence electrons. The summed E-state index contributed by atoms with van der Waals surface area (Å²) in [6.45, 7) is 3.44. The van der Waals surface area contributed by atoms with Gasteiger partial charge in [-0.15, -0.1) is 0 Å². The van der Waals surface area contributed by atoms with Crippen molar-refractivity contribution in [2.75, 3.05) is 33.2 Å². The lowest BCUT2D eigenvalue weighted by Crippen LogP contribution is -2.35. The molecule has 3 aliphatic rings. The van der Waals surface area contributed by atoms with E-state index in [1.807, 2.05) is 0 Å². The molecule has 8 heteroatoms. The maximum Gasteiger partial charge on any atom is 0.232 e. The van der Waals surface area contributed by atoms with Crippen LogP contribution in [-0.2, 0) is 4.79 Å². The summed E-state index contributed by atoms with van der Waals surface area (Å²) in [5.41, 5.74) is 0.596. The molecule has 2 aliphatic heterocycles. The number of aromatic nitrogens is 4. The predicted octanol–water partition coefficient (Wildman–Crippen LogP) is 2.35. The van der Waals surface area contributed by atoms with E-state index in [2.05, 4.69) is 37.0 Å². The Labute approximate surface area is 170 Å². The quantitative estimate of drug-likeness (QED) is 0.784. The minimum absolute atomic E-state index is 0.00768. The highest BCUT2D eigenvalue weighted by Gasteiger charge is 2.53. The van der Waals surface area contributed by atoms with Crippen LogP contribution >= 0.6 is 0 Å². The number of nitrogens with zero attached hydrogens (tertiary/aromatic N) is 6. The van der Waals surface area contributed by atoms with Crippen LogP contribution < -0.4 is 0 Å². The Bertz CT molecular complexity index is 865. The summed E-state index contributed by atoms with van der Waals surface area (Å²) < 4.78 is 5.70. The fraction of sp³-hybridized carbons (Fsp3) is 0.667. The SMILES string of the molecule is CN1CC[C@]2(C1)CN(C(=O)CC1CCCC1)C[C@H]2c1nc(-c2cnccn2)no1. The van der Waals surface area contributed by atoms with Crippen LogP contribution in [0.4, 0.5) is 0 Å². The molecule has 0 radical (unpaired) electrons. The number of carbonyl (C=O) groups excluding carboxylic acids is 1. The molecule has 29 heavy (non-hydrogen) atoms. The van der Waals surface area contributed by atoms with Crippen molar-refractivity contribution in [1.82, 2.24) is 29.9 Å². The van der Waals surface area contributed by atoms with Gasteiger partial charge in [-0.2, -0.15) is 4.98 Å². The van der Waals surface area contributed by atoms with E-state index in [1.165, 1.54) is 25.7 Å². The van der Waals surface area contributed by atoms with E-state index in [1.54, 1.807) is 18.6 Å². The summed E-state index contributed by atoms with van der Waals surface area (Å²) in [4.78, 5) is 30.5. The Balaban J connectivity index is 1.38. The number of carbonyl (C=O) groups is 1. The summed E-state index contributed by atoms with van der Waals surface area (Å²) >= 11 is 0. The third-order valence-electron chi connectivity index (χ3n) is 7.05. The molecule has 1 saturated carbocycles. The Morgan fingerprint density at radius 2 is 2.14 bits per heavy atom. The van der Waals surface area contributed by atoms with Crippen molar-refractivity contribution in [2.45, 2.75) is 44.4 Å². The van der Waals surface area contributed by atoms with Crippen LogP contribution in [0.5, 0.6) is 0 Å². The van der Waals surface area contributed by atoms with Crippen molar-refractivity contribution in [3.8, 4) is 11.5 Å². The van der Waals surface area contributed by atoms with Gasteiger partial charge in [0.15, 0.2) is 0 Å². The van der Waals surface area contributed by atoms with E-state index in [4.69, 9.17) is 4.52 Å². The molecule has 5 rings (SSSR count). The van der Waals surface area contributed by atoms with E-state index in [0.29, 0.717) is 42.2 Å². The molecular formula is C21H28N6O2. The molecule has 1 amide bonds. The molecular weight excluding hydrogens is 368 g/mol. The zero-order valence-electron chi connectivity index (χ0n) is 17.0. The first-order valence-electron chi connectivity index (χ1n) is 10.7. The summed E-state index contributed by atoms with van der Waals surface area (Å²) in [5, 5.41) is 4.15. The van der Waals surface area contributed by atoms with Crippen LogP contribution in [0.2, 0.25) is 0 Å². The standard InChI is InChI=1S/C21H28N6O2/c1-26-9-6-21(13-26)14-27(18(28)10-15-4-2-3-5-15)12-16(21)20-24-19(25-29-20)17-11-22-7-8-23-17/h7-8,11,15-16H,2-6,9-10,12-14H2,1H3/t16-,21-/m0/s1. The highest BCUT2D eigenvalue weighted by molar-refractivity contribution is 5.77. The molecule has 0 unspecified atom stereocenters. The largest absolute Gasteiger partial charge is 0.341 e. The van der Waals surface area contributed by atoms with Gasteiger partial charge < -0.3 is 14.3 Å². The number of hydrogen-bond acceptors (Lipinski definition) is 7. The van der Waals surface area contributed by atoms with Crippen LogP contribution in [0, 0.1) is 11.3 Å². The van der Waals surface area contributed by atoms with Gasteiger partial charge in [0.25, 0.3) is 0 Å². The summed E-state index contributed by atoms with van der Waals surface area (Å²) in [5.74, 6) is 2.01. The van der Waals surface area contributed by atoms with E-state index in [9.17, 15) is 4.79 Å². The summed E-state index contributed by atoms with van der Waals surface area (Å²) in [6, 6.07) is 0. The zero-order valence-corrected chi connectivity index (χ0v) is 17.0. The minimum Gasteiger partial charge on any atom is -0.341 e. The first-order chi connectivity index (χ1) is 14.1. The highest BCUT2D eigenvalue weighted by Crippen LogP contribution is 2.49. The predicted molar refractivity (Wildman–Crippen MR) is 106 cm³/mol. The monoisotopic (exact) mass is 396 g/mol. The second kappa shape index (κ2) is 7.48. The van der Waals surface area contributed by atoms with Crippen LogP contribution in [-0.4, -0.2) is 69.0 Å². The Kier molecular flexibility index (Phi) is 4.81. The normalized spacial score (nSPS) is 28.0. The van der Waals surface area contributed by atoms with Gasteiger partial charge in [-0.1, -0.05) is 18.0 Å². The topological polar surface area (TPSA) is 88.2 Å². The van der Waals surface area contributed by atoms with Crippen molar-refractivity contribution in [3.63, 3.8) is 0 Å². The van der Waals surface area contributed by atoms with Gasteiger partial charge in [0, 0.05) is 43.9 Å². The first kappa shape index (κ1) is 18.7. The molecule has 3 fully saturated rings. The van der Waals surface area contributed by atoms with Crippen molar-refractivity contribution in [1.29, 1.82) is 0 Å². The molecule has 2 saturated heterocycles. The Hall–Kier alpha value is -2.35.